The molecule has 0 saturated carbocycles. The van der Waals surface area contributed by atoms with Gasteiger partial charge in [0.05, 0.1) is 30.2 Å². The molecule has 220 valence electrons. The Morgan fingerprint density at radius 2 is 1.86 bits per heavy atom. The maximum atomic E-state index is 12.9. The number of ether oxygens (including phenoxy) is 5. The van der Waals surface area contributed by atoms with Gasteiger partial charge in [0.25, 0.3) is 0 Å². The molecule has 4 bridgehead atoms. The maximum absolute atomic E-state index is 12.9. The highest BCUT2D eigenvalue weighted by Gasteiger charge is 2.63. The van der Waals surface area contributed by atoms with E-state index in [0.29, 0.717) is 28.6 Å². The van der Waals surface area contributed by atoms with Crippen LogP contribution in [0.1, 0.15) is 70.1 Å². The number of fused-ring (bicyclic) bond motifs is 9. The van der Waals surface area contributed by atoms with E-state index in [1.165, 1.54) is 18.7 Å². The van der Waals surface area contributed by atoms with Gasteiger partial charge in [-0.15, -0.1) is 11.8 Å². The van der Waals surface area contributed by atoms with Gasteiger partial charge in [-0.3, -0.25) is 19.4 Å². The van der Waals surface area contributed by atoms with Gasteiger partial charge in [-0.25, -0.2) is 4.79 Å². The number of hydrogen-bond donors (Lipinski definition) is 1. The highest BCUT2D eigenvalue weighted by Crippen LogP contribution is 2.67. The Balaban J connectivity index is 1.42. The summed E-state index contributed by atoms with van der Waals surface area (Å²) in [5.74, 6) is -0.0292. The summed E-state index contributed by atoms with van der Waals surface area (Å²) in [5, 5.41) is 11.2. The summed E-state index contributed by atoms with van der Waals surface area (Å²) < 4.78 is 29.2. The number of rotatable bonds is 2. The van der Waals surface area contributed by atoms with Crippen molar-refractivity contribution in [2.75, 3.05) is 32.8 Å². The lowest BCUT2D eigenvalue weighted by atomic mass is 9.77. The molecular formula is C30H30N2O9S. The summed E-state index contributed by atoms with van der Waals surface area (Å²) >= 11 is 1.34. The minimum atomic E-state index is -0.857. The maximum Gasteiger partial charge on any atom is 0.375 e. The molecule has 12 heteroatoms. The third kappa shape index (κ3) is 3.28. The van der Waals surface area contributed by atoms with E-state index in [2.05, 4.69) is 15.9 Å². The minimum absolute atomic E-state index is 0.0146. The van der Waals surface area contributed by atoms with Crippen LogP contribution in [-0.4, -0.2) is 77.5 Å². The van der Waals surface area contributed by atoms with E-state index in [1.807, 2.05) is 13.8 Å². The second kappa shape index (κ2) is 9.01. The first-order valence-corrected chi connectivity index (χ1v) is 15.2. The van der Waals surface area contributed by atoms with E-state index in [1.54, 1.807) is 7.11 Å². The van der Waals surface area contributed by atoms with E-state index in [9.17, 15) is 19.5 Å². The first-order chi connectivity index (χ1) is 20.2. The van der Waals surface area contributed by atoms with E-state index in [0.717, 1.165) is 40.8 Å². The molecule has 3 fully saturated rings. The van der Waals surface area contributed by atoms with Crippen molar-refractivity contribution in [3.05, 3.63) is 39.4 Å². The van der Waals surface area contributed by atoms with Gasteiger partial charge in [0.1, 0.15) is 12.4 Å². The Morgan fingerprint density at radius 3 is 2.62 bits per heavy atom. The van der Waals surface area contributed by atoms with Crippen LogP contribution in [0.15, 0.2) is 6.07 Å². The molecule has 8 rings (SSSR count). The van der Waals surface area contributed by atoms with Crippen molar-refractivity contribution in [3.8, 4) is 28.7 Å². The average molecular weight is 595 g/mol. The fraction of sp³-hybridized carbons (Fsp3) is 0.500. The van der Waals surface area contributed by atoms with Crippen molar-refractivity contribution in [1.29, 1.82) is 0 Å². The number of Topliss-reactive ketones (excluding diaryl/α,β-unsaturated/α-hetero) is 1. The second-order valence-corrected chi connectivity index (χ2v) is 12.9. The molecule has 2 aromatic carbocycles. The predicted molar refractivity (Wildman–Crippen MR) is 148 cm³/mol. The zero-order chi connectivity index (χ0) is 29.2. The number of aromatic hydroxyl groups is 1. The Bertz CT molecular complexity index is 1610. The summed E-state index contributed by atoms with van der Waals surface area (Å²) in [5.41, 5.74) is 4.96. The molecule has 0 spiro atoms. The van der Waals surface area contributed by atoms with Gasteiger partial charge in [-0.05, 0) is 31.4 Å². The molecule has 3 saturated heterocycles. The van der Waals surface area contributed by atoms with Crippen molar-refractivity contribution in [1.82, 2.24) is 9.80 Å². The zero-order valence-electron chi connectivity index (χ0n) is 23.6. The van der Waals surface area contributed by atoms with Crippen molar-refractivity contribution in [3.63, 3.8) is 0 Å². The Labute approximate surface area is 246 Å². The standard InChI is InChI=1S/C30H30N2O9S/c1-11-5-15-16-6-14-7-31(16)22(19(15)24(35)25(11)37-4)23-29-21-20(17(32(14)23)8-38-30(36)18(34)9-42-29)28-27(39-10-40-28)12(2)26(21)41-13(3)33/h5,14,16-17,22-23,29,35H,6-10H2,1-4H3/t14?,16?,17-,22+,23?,29+/m0/s1. The summed E-state index contributed by atoms with van der Waals surface area (Å²) in [6.07, 6.45) is 0.823. The number of phenols is 1. The highest BCUT2D eigenvalue weighted by atomic mass is 32.2. The number of thioether (sulfide) groups is 1. The number of cyclic esters (lactones) is 1. The first-order valence-electron chi connectivity index (χ1n) is 14.1. The Morgan fingerprint density at radius 1 is 1.07 bits per heavy atom. The van der Waals surface area contributed by atoms with Gasteiger partial charge in [0.2, 0.25) is 12.6 Å². The molecule has 42 heavy (non-hydrogen) atoms. The van der Waals surface area contributed by atoms with Gasteiger partial charge in [0, 0.05) is 53.8 Å². The van der Waals surface area contributed by atoms with E-state index >= 15 is 0 Å². The van der Waals surface area contributed by atoms with Crippen LogP contribution >= 0.6 is 11.8 Å². The monoisotopic (exact) mass is 594 g/mol. The number of nitrogens with zero attached hydrogens (tertiary/aromatic N) is 2. The van der Waals surface area contributed by atoms with Crippen molar-refractivity contribution in [2.24, 2.45) is 0 Å². The lowest BCUT2D eigenvalue weighted by Crippen LogP contribution is -2.60. The normalized spacial score (nSPS) is 30.5. The SMILES string of the molecule is COc1c(C)cc2c(c1O)[C@@H]1C3[C@@H]4SCC(=O)C(=O)OC[C@@H](c5c6c(c(C)c(OC(C)=O)c54)OCO6)N3C3CC2N1C3. The van der Waals surface area contributed by atoms with E-state index in [-0.39, 0.29) is 49.1 Å². The Kier molecular flexibility index (Phi) is 5.61. The van der Waals surface area contributed by atoms with Crippen molar-refractivity contribution in [2.45, 2.75) is 62.7 Å². The van der Waals surface area contributed by atoms with E-state index in [4.69, 9.17) is 23.7 Å². The van der Waals surface area contributed by atoms with Crippen LogP contribution in [0.2, 0.25) is 0 Å². The lowest BCUT2D eigenvalue weighted by molar-refractivity contribution is -0.155. The van der Waals surface area contributed by atoms with Crippen molar-refractivity contribution >= 4 is 29.5 Å². The molecule has 0 aliphatic carbocycles. The number of methoxy groups -OCH3 is 1. The van der Waals surface area contributed by atoms with E-state index < -0.39 is 29.0 Å². The number of benzene rings is 2. The van der Waals surface area contributed by atoms with Crippen LogP contribution < -0.4 is 18.9 Å². The molecule has 1 N–H and O–H groups in total. The van der Waals surface area contributed by atoms with Crippen LogP contribution in [0.25, 0.3) is 0 Å². The Hall–Kier alpha value is -3.48. The quantitative estimate of drug-likeness (QED) is 0.312. The molecule has 0 radical (unpaired) electrons. The minimum Gasteiger partial charge on any atom is -0.504 e. The molecule has 0 amide bonds. The van der Waals surface area contributed by atoms with Crippen molar-refractivity contribution < 1.29 is 43.2 Å². The second-order valence-electron chi connectivity index (χ2n) is 11.8. The number of ketones is 1. The fourth-order valence-corrected chi connectivity index (χ4v) is 9.72. The van der Waals surface area contributed by atoms with Gasteiger partial charge >= 0.3 is 11.9 Å². The summed E-state index contributed by atoms with van der Waals surface area (Å²) in [4.78, 5) is 42.9. The third-order valence-corrected chi connectivity index (χ3v) is 11.0. The summed E-state index contributed by atoms with van der Waals surface area (Å²) in [6, 6.07) is 1.34. The molecule has 6 heterocycles. The molecule has 6 aliphatic heterocycles. The van der Waals surface area contributed by atoms with Gasteiger partial charge in [-0.1, -0.05) is 6.07 Å². The van der Waals surface area contributed by atoms with Crippen LogP contribution in [0.3, 0.4) is 0 Å². The predicted octanol–water partition coefficient (Wildman–Crippen LogP) is 3.18. The van der Waals surface area contributed by atoms with Gasteiger partial charge in [-0.2, -0.15) is 0 Å². The molecule has 11 nitrogen and oxygen atoms in total. The molecule has 3 unspecified atom stereocenters. The lowest BCUT2D eigenvalue weighted by Gasteiger charge is -2.55. The zero-order valence-corrected chi connectivity index (χ0v) is 24.4. The third-order valence-electron chi connectivity index (χ3n) is 9.74. The van der Waals surface area contributed by atoms with Crippen LogP contribution in [0.5, 0.6) is 28.7 Å². The topological polar surface area (TPSA) is 124 Å². The molecule has 0 aromatic heterocycles. The molecule has 2 aromatic rings. The largest absolute Gasteiger partial charge is 0.504 e. The van der Waals surface area contributed by atoms with Gasteiger partial charge in [0.15, 0.2) is 23.0 Å². The average Bonchev–Trinajstić information content (AvgIpc) is 3.65. The number of carbonyl (C=O) groups excluding carboxylic acids is 3. The number of esters is 2. The number of piperazine rings is 1. The fourth-order valence-electron chi connectivity index (χ4n) is 8.38. The van der Waals surface area contributed by atoms with Crippen LogP contribution in [0, 0.1) is 13.8 Å². The molecular weight excluding hydrogens is 564 g/mol. The molecule has 6 atom stereocenters. The van der Waals surface area contributed by atoms with Crippen LogP contribution in [0.4, 0.5) is 0 Å². The van der Waals surface area contributed by atoms with Gasteiger partial charge < -0.3 is 28.8 Å². The molecule has 6 aliphatic rings. The summed E-state index contributed by atoms with van der Waals surface area (Å²) in [6.45, 7) is 5.83. The number of hydrogen-bond acceptors (Lipinski definition) is 12. The number of aryl methyl sites for hydroxylation is 1. The number of phenolic OH excluding ortho intramolecular Hbond substituents is 1. The van der Waals surface area contributed by atoms with Crippen LogP contribution in [-0.2, 0) is 19.1 Å². The highest BCUT2D eigenvalue weighted by molar-refractivity contribution is 8.00. The summed E-state index contributed by atoms with van der Waals surface area (Å²) in [7, 11) is 1.56. The number of carbonyl (C=O) groups is 3. The first kappa shape index (κ1) is 26.2. The smallest absolute Gasteiger partial charge is 0.375 e.